The summed E-state index contributed by atoms with van der Waals surface area (Å²) in [6, 6.07) is 6.03. The number of carbonyl (C=O) groups is 1. The molecule has 128 valence electrons. The third kappa shape index (κ3) is 4.96. The summed E-state index contributed by atoms with van der Waals surface area (Å²) in [6.07, 6.45) is 4.50. The maximum Gasteiger partial charge on any atom is 0.220 e. The van der Waals surface area contributed by atoms with Crippen molar-refractivity contribution in [3.8, 4) is 5.75 Å². The number of methoxy groups -OCH3 is 1. The van der Waals surface area contributed by atoms with Gasteiger partial charge >= 0.3 is 0 Å². The van der Waals surface area contributed by atoms with E-state index in [2.05, 4.69) is 31.3 Å². The first-order chi connectivity index (χ1) is 11.0. The number of aryl methyl sites for hydroxylation is 1. The second-order valence-corrected chi connectivity index (χ2v) is 6.93. The van der Waals surface area contributed by atoms with Crippen molar-refractivity contribution in [2.45, 2.75) is 57.9 Å². The molecule has 0 radical (unpaired) electrons. The Kier molecular flexibility index (Phi) is 6.46. The van der Waals surface area contributed by atoms with E-state index in [9.17, 15) is 9.90 Å². The highest BCUT2D eigenvalue weighted by molar-refractivity contribution is 5.77. The van der Waals surface area contributed by atoms with Crippen LogP contribution in [0.3, 0.4) is 0 Å². The number of aliphatic hydroxyl groups excluding tert-OH is 1. The van der Waals surface area contributed by atoms with E-state index in [0.717, 1.165) is 31.4 Å². The Balaban J connectivity index is 2.00. The lowest BCUT2D eigenvalue weighted by molar-refractivity contribution is -0.122. The molecule has 4 heteroatoms. The average molecular weight is 319 g/mol. The molecule has 1 aliphatic carbocycles. The monoisotopic (exact) mass is 319 g/mol. The van der Waals surface area contributed by atoms with Gasteiger partial charge in [-0.25, -0.2) is 0 Å². The minimum absolute atomic E-state index is 0.00235. The van der Waals surface area contributed by atoms with Crippen molar-refractivity contribution in [2.24, 2.45) is 5.92 Å². The van der Waals surface area contributed by atoms with Gasteiger partial charge in [0.15, 0.2) is 0 Å². The summed E-state index contributed by atoms with van der Waals surface area (Å²) in [5, 5.41) is 12.4. The van der Waals surface area contributed by atoms with Gasteiger partial charge < -0.3 is 15.2 Å². The minimum atomic E-state index is -0.138. The van der Waals surface area contributed by atoms with Crippen LogP contribution in [0.2, 0.25) is 0 Å². The van der Waals surface area contributed by atoms with Gasteiger partial charge in [0.25, 0.3) is 0 Å². The Labute approximate surface area is 139 Å². The molecule has 0 fully saturated rings. The fraction of sp³-hybridized carbons (Fsp3) is 0.632. The van der Waals surface area contributed by atoms with Crippen molar-refractivity contribution in [1.29, 1.82) is 0 Å². The SMILES string of the molecule is COc1ccc2c(c1)CCCC2CC(=O)NC(CO)CC(C)C. The van der Waals surface area contributed by atoms with E-state index in [1.807, 2.05) is 6.07 Å². The lowest BCUT2D eigenvalue weighted by Crippen LogP contribution is -2.39. The molecular formula is C19H29NO3. The van der Waals surface area contributed by atoms with E-state index in [1.165, 1.54) is 11.1 Å². The van der Waals surface area contributed by atoms with Crippen molar-refractivity contribution in [2.75, 3.05) is 13.7 Å². The van der Waals surface area contributed by atoms with E-state index in [1.54, 1.807) is 7.11 Å². The summed E-state index contributed by atoms with van der Waals surface area (Å²) in [5.74, 6) is 1.64. The standard InChI is InChI=1S/C19H29NO3/c1-13(2)9-16(12-21)20-19(22)11-15-6-4-5-14-10-17(23-3)7-8-18(14)15/h7-8,10,13,15-16,21H,4-6,9,11-12H2,1-3H3,(H,20,22). The van der Waals surface area contributed by atoms with Crippen LogP contribution < -0.4 is 10.1 Å². The van der Waals surface area contributed by atoms with Crippen LogP contribution in [0.1, 0.15) is 56.6 Å². The molecule has 2 N–H and O–H groups in total. The zero-order valence-corrected chi connectivity index (χ0v) is 14.5. The van der Waals surface area contributed by atoms with E-state index in [4.69, 9.17) is 4.74 Å². The highest BCUT2D eigenvalue weighted by atomic mass is 16.5. The number of benzene rings is 1. The number of nitrogens with one attached hydrogen (secondary N) is 1. The van der Waals surface area contributed by atoms with Gasteiger partial charge in [-0.15, -0.1) is 0 Å². The molecule has 2 atom stereocenters. The third-order valence-electron chi connectivity index (χ3n) is 4.56. The zero-order valence-electron chi connectivity index (χ0n) is 14.5. The van der Waals surface area contributed by atoms with Crippen molar-refractivity contribution >= 4 is 5.91 Å². The number of hydrogen-bond acceptors (Lipinski definition) is 3. The first-order valence-electron chi connectivity index (χ1n) is 8.60. The highest BCUT2D eigenvalue weighted by Crippen LogP contribution is 2.35. The molecular weight excluding hydrogens is 290 g/mol. The fourth-order valence-electron chi connectivity index (χ4n) is 3.49. The Morgan fingerprint density at radius 3 is 2.87 bits per heavy atom. The molecule has 4 nitrogen and oxygen atoms in total. The van der Waals surface area contributed by atoms with E-state index >= 15 is 0 Å². The smallest absolute Gasteiger partial charge is 0.220 e. The molecule has 0 heterocycles. The molecule has 2 rings (SSSR count). The van der Waals surface area contributed by atoms with E-state index in [0.29, 0.717) is 12.3 Å². The molecule has 1 aromatic rings. The van der Waals surface area contributed by atoms with Gasteiger partial charge in [-0.3, -0.25) is 4.79 Å². The lowest BCUT2D eigenvalue weighted by Gasteiger charge is -2.26. The van der Waals surface area contributed by atoms with Crippen LogP contribution in [0.25, 0.3) is 0 Å². The van der Waals surface area contributed by atoms with Crippen LogP contribution in [-0.4, -0.2) is 30.8 Å². The van der Waals surface area contributed by atoms with Crippen LogP contribution >= 0.6 is 0 Å². The van der Waals surface area contributed by atoms with Gasteiger partial charge in [0.05, 0.1) is 19.8 Å². The summed E-state index contributed by atoms with van der Waals surface area (Å²) in [5.41, 5.74) is 2.57. The summed E-state index contributed by atoms with van der Waals surface area (Å²) in [4.78, 5) is 12.3. The third-order valence-corrected chi connectivity index (χ3v) is 4.56. The predicted molar refractivity (Wildman–Crippen MR) is 91.8 cm³/mol. The maximum atomic E-state index is 12.3. The Hall–Kier alpha value is -1.55. The average Bonchev–Trinajstić information content (AvgIpc) is 2.53. The number of hydrogen-bond donors (Lipinski definition) is 2. The topological polar surface area (TPSA) is 58.6 Å². The van der Waals surface area contributed by atoms with Crippen LogP contribution in [0.5, 0.6) is 5.75 Å². The molecule has 0 saturated heterocycles. The van der Waals surface area contributed by atoms with Crippen molar-refractivity contribution in [3.63, 3.8) is 0 Å². The number of carbonyl (C=O) groups excluding carboxylic acids is 1. The number of rotatable bonds is 7. The number of ether oxygens (including phenoxy) is 1. The van der Waals surface area contributed by atoms with Crippen molar-refractivity contribution in [3.05, 3.63) is 29.3 Å². The van der Waals surface area contributed by atoms with Gasteiger partial charge in [0.1, 0.15) is 5.75 Å². The lowest BCUT2D eigenvalue weighted by atomic mass is 9.81. The summed E-state index contributed by atoms with van der Waals surface area (Å²) >= 11 is 0. The molecule has 2 unspecified atom stereocenters. The van der Waals surface area contributed by atoms with Gasteiger partial charge in [-0.1, -0.05) is 19.9 Å². The van der Waals surface area contributed by atoms with Gasteiger partial charge in [-0.05, 0) is 60.8 Å². The molecule has 0 spiro atoms. The predicted octanol–water partition coefficient (Wildman–Crippen LogP) is 3.03. The van der Waals surface area contributed by atoms with Crippen LogP contribution in [0, 0.1) is 5.92 Å². The van der Waals surface area contributed by atoms with Gasteiger partial charge in [0, 0.05) is 6.42 Å². The second kappa shape index (κ2) is 8.34. The second-order valence-electron chi connectivity index (χ2n) is 6.93. The summed E-state index contributed by atoms with van der Waals surface area (Å²) in [6.45, 7) is 4.20. The number of amides is 1. The maximum absolute atomic E-state index is 12.3. The summed E-state index contributed by atoms with van der Waals surface area (Å²) in [7, 11) is 1.68. The number of aliphatic hydroxyl groups is 1. The Bertz CT molecular complexity index is 527. The largest absolute Gasteiger partial charge is 0.497 e. The summed E-state index contributed by atoms with van der Waals surface area (Å²) < 4.78 is 5.29. The first-order valence-corrected chi connectivity index (χ1v) is 8.60. The molecule has 0 aliphatic heterocycles. The highest BCUT2D eigenvalue weighted by Gasteiger charge is 2.24. The molecule has 1 amide bonds. The van der Waals surface area contributed by atoms with E-state index < -0.39 is 0 Å². The van der Waals surface area contributed by atoms with Gasteiger partial charge in [0.2, 0.25) is 5.91 Å². The molecule has 1 aliphatic rings. The van der Waals surface area contributed by atoms with Crippen molar-refractivity contribution in [1.82, 2.24) is 5.32 Å². The number of fused-ring (bicyclic) bond motifs is 1. The van der Waals surface area contributed by atoms with Crippen LogP contribution in [0.4, 0.5) is 0 Å². The first kappa shape index (κ1) is 17.8. The Morgan fingerprint density at radius 1 is 1.43 bits per heavy atom. The van der Waals surface area contributed by atoms with Gasteiger partial charge in [-0.2, -0.15) is 0 Å². The molecule has 0 aromatic heterocycles. The molecule has 0 bridgehead atoms. The van der Waals surface area contributed by atoms with Crippen molar-refractivity contribution < 1.29 is 14.6 Å². The Morgan fingerprint density at radius 2 is 2.22 bits per heavy atom. The molecule has 1 aromatic carbocycles. The molecule has 23 heavy (non-hydrogen) atoms. The van der Waals surface area contributed by atoms with Crippen LogP contribution in [-0.2, 0) is 11.2 Å². The van der Waals surface area contributed by atoms with Crippen LogP contribution in [0.15, 0.2) is 18.2 Å². The minimum Gasteiger partial charge on any atom is -0.497 e. The fourth-order valence-corrected chi connectivity index (χ4v) is 3.49. The normalized spacial score (nSPS) is 18.4. The van der Waals surface area contributed by atoms with E-state index in [-0.39, 0.29) is 24.5 Å². The quantitative estimate of drug-likeness (QED) is 0.812. The molecule has 0 saturated carbocycles. The zero-order chi connectivity index (χ0) is 16.8.